The Balaban J connectivity index is 1.54. The third-order valence-corrected chi connectivity index (χ3v) is 4.23. The number of rotatable bonds is 8. The normalized spacial score (nSPS) is 15.9. The van der Waals surface area contributed by atoms with E-state index in [0.29, 0.717) is 30.0 Å². The number of nitrogens with two attached hydrogens (primary N) is 1. The smallest absolute Gasteiger partial charge is 0.414 e. The number of nitrogens with one attached hydrogen (secondary N) is 1. The molecular formula is C20H21N3O5. The van der Waals surface area contributed by atoms with Gasteiger partial charge in [-0.3, -0.25) is 15.1 Å². The average Bonchev–Trinajstić information content (AvgIpc) is 3.01. The van der Waals surface area contributed by atoms with Crippen molar-refractivity contribution in [3.05, 3.63) is 59.7 Å². The van der Waals surface area contributed by atoms with Gasteiger partial charge in [-0.15, -0.1) is 0 Å². The predicted molar refractivity (Wildman–Crippen MR) is 103 cm³/mol. The van der Waals surface area contributed by atoms with Crippen molar-refractivity contribution in [2.75, 3.05) is 18.1 Å². The van der Waals surface area contributed by atoms with Gasteiger partial charge in [-0.2, -0.15) is 0 Å². The molecule has 0 spiro atoms. The van der Waals surface area contributed by atoms with Crippen LogP contribution in [0.3, 0.4) is 0 Å². The van der Waals surface area contributed by atoms with Crippen molar-refractivity contribution in [3.63, 3.8) is 0 Å². The van der Waals surface area contributed by atoms with E-state index in [9.17, 15) is 9.59 Å². The lowest BCUT2D eigenvalue weighted by molar-refractivity contribution is -0.136. The molecule has 8 heteroatoms. The van der Waals surface area contributed by atoms with Gasteiger partial charge in [0.2, 0.25) is 0 Å². The van der Waals surface area contributed by atoms with Crippen molar-refractivity contribution in [3.8, 4) is 5.75 Å². The average molecular weight is 383 g/mol. The predicted octanol–water partition coefficient (Wildman–Crippen LogP) is 2.20. The monoisotopic (exact) mass is 383 g/mol. The Labute approximate surface area is 162 Å². The molecule has 0 saturated carbocycles. The molecule has 0 bridgehead atoms. The Bertz CT molecular complexity index is 864. The van der Waals surface area contributed by atoms with Gasteiger partial charge in [-0.05, 0) is 35.4 Å². The number of carboxylic acids is 1. The van der Waals surface area contributed by atoms with E-state index in [2.05, 4.69) is 0 Å². The Morgan fingerprint density at radius 3 is 2.36 bits per heavy atom. The molecule has 8 nitrogen and oxygen atoms in total. The maximum atomic E-state index is 12.1. The number of amidine groups is 1. The summed E-state index contributed by atoms with van der Waals surface area (Å²) in [5, 5.41) is 16.1. The summed E-state index contributed by atoms with van der Waals surface area (Å²) >= 11 is 0. The molecule has 1 atom stereocenters. The number of amides is 1. The Hall–Kier alpha value is -3.55. The van der Waals surface area contributed by atoms with Crippen LogP contribution >= 0.6 is 0 Å². The summed E-state index contributed by atoms with van der Waals surface area (Å²) in [7, 11) is 0. The fourth-order valence-corrected chi connectivity index (χ4v) is 2.90. The molecule has 28 heavy (non-hydrogen) atoms. The molecule has 2 aromatic rings. The van der Waals surface area contributed by atoms with Crippen molar-refractivity contribution >= 4 is 23.6 Å². The van der Waals surface area contributed by atoms with Crippen molar-refractivity contribution in [1.82, 2.24) is 0 Å². The number of cyclic esters (lactones) is 1. The van der Waals surface area contributed by atoms with Gasteiger partial charge in [0.15, 0.2) is 6.10 Å². The van der Waals surface area contributed by atoms with E-state index >= 15 is 0 Å². The molecule has 1 heterocycles. The van der Waals surface area contributed by atoms with Gasteiger partial charge in [-0.25, -0.2) is 4.79 Å². The summed E-state index contributed by atoms with van der Waals surface area (Å²) in [6.07, 6.45) is -0.527. The first-order valence-electron chi connectivity index (χ1n) is 8.74. The second-order valence-electron chi connectivity index (χ2n) is 6.51. The molecule has 0 aromatic heterocycles. The molecule has 0 radical (unpaired) electrons. The van der Waals surface area contributed by atoms with Crippen LogP contribution in [0.5, 0.6) is 5.75 Å². The van der Waals surface area contributed by atoms with Crippen LogP contribution in [-0.2, 0) is 22.4 Å². The van der Waals surface area contributed by atoms with Crippen molar-refractivity contribution in [1.29, 1.82) is 5.41 Å². The zero-order valence-corrected chi connectivity index (χ0v) is 15.1. The number of nitrogens with zero attached hydrogens (tertiary/aromatic N) is 1. The highest BCUT2D eigenvalue weighted by Crippen LogP contribution is 2.23. The fourth-order valence-electron chi connectivity index (χ4n) is 2.90. The van der Waals surface area contributed by atoms with Gasteiger partial charge >= 0.3 is 12.1 Å². The number of benzene rings is 2. The third-order valence-electron chi connectivity index (χ3n) is 4.23. The number of ether oxygens (including phenoxy) is 2. The third kappa shape index (κ3) is 5.00. The SMILES string of the molecule is N=C(N)Cc1ccc(N2CC(COc3ccc(CC(=O)O)cc3)OC2=O)cc1. The summed E-state index contributed by atoms with van der Waals surface area (Å²) in [5.74, 6) is -0.222. The summed E-state index contributed by atoms with van der Waals surface area (Å²) in [6, 6.07) is 14.0. The number of anilines is 1. The van der Waals surface area contributed by atoms with Gasteiger partial charge in [0.25, 0.3) is 0 Å². The van der Waals surface area contributed by atoms with E-state index in [-0.39, 0.29) is 18.9 Å². The van der Waals surface area contributed by atoms with Gasteiger partial charge in [-0.1, -0.05) is 24.3 Å². The van der Waals surface area contributed by atoms with E-state index in [1.54, 1.807) is 36.4 Å². The summed E-state index contributed by atoms with van der Waals surface area (Å²) in [4.78, 5) is 24.4. The van der Waals surface area contributed by atoms with E-state index in [1.807, 2.05) is 12.1 Å². The second-order valence-corrected chi connectivity index (χ2v) is 6.51. The van der Waals surface area contributed by atoms with Crippen LogP contribution in [0, 0.1) is 5.41 Å². The summed E-state index contributed by atoms with van der Waals surface area (Å²) in [5.41, 5.74) is 7.69. The van der Waals surface area contributed by atoms with Crippen molar-refractivity contribution < 1.29 is 24.2 Å². The van der Waals surface area contributed by atoms with Crippen LogP contribution < -0.4 is 15.4 Å². The largest absolute Gasteiger partial charge is 0.490 e. The van der Waals surface area contributed by atoms with E-state index in [1.165, 1.54) is 4.90 Å². The Morgan fingerprint density at radius 1 is 1.14 bits per heavy atom. The van der Waals surface area contributed by atoms with Crippen LogP contribution in [0.25, 0.3) is 0 Å². The minimum atomic E-state index is -0.888. The Kier molecular flexibility index (Phi) is 5.78. The summed E-state index contributed by atoms with van der Waals surface area (Å²) < 4.78 is 11.0. The molecule has 3 rings (SSSR count). The molecule has 1 saturated heterocycles. The first kappa shape index (κ1) is 19.2. The number of carbonyl (C=O) groups excluding carboxylic acids is 1. The van der Waals surface area contributed by atoms with Gasteiger partial charge in [0, 0.05) is 12.1 Å². The van der Waals surface area contributed by atoms with E-state index in [0.717, 1.165) is 5.56 Å². The molecule has 1 fully saturated rings. The first-order valence-corrected chi connectivity index (χ1v) is 8.74. The second kappa shape index (κ2) is 8.43. The number of hydrogen-bond donors (Lipinski definition) is 3. The molecular weight excluding hydrogens is 362 g/mol. The zero-order chi connectivity index (χ0) is 20.1. The van der Waals surface area contributed by atoms with Crippen LogP contribution in [0.1, 0.15) is 11.1 Å². The minimum Gasteiger partial charge on any atom is -0.490 e. The zero-order valence-electron chi connectivity index (χ0n) is 15.1. The van der Waals surface area contributed by atoms with Gasteiger partial charge < -0.3 is 20.3 Å². The number of carboxylic acid groups (broad SMARTS) is 1. The van der Waals surface area contributed by atoms with Crippen LogP contribution in [0.2, 0.25) is 0 Å². The lowest BCUT2D eigenvalue weighted by atomic mass is 10.1. The number of carbonyl (C=O) groups is 2. The summed E-state index contributed by atoms with van der Waals surface area (Å²) in [6.45, 7) is 0.560. The molecule has 2 aromatic carbocycles. The van der Waals surface area contributed by atoms with Gasteiger partial charge in [0.05, 0.1) is 18.8 Å². The molecule has 1 unspecified atom stereocenters. The van der Waals surface area contributed by atoms with Crippen molar-refractivity contribution in [2.24, 2.45) is 5.73 Å². The Morgan fingerprint density at radius 2 is 1.75 bits per heavy atom. The molecule has 1 aliphatic rings. The molecule has 1 aliphatic heterocycles. The van der Waals surface area contributed by atoms with E-state index in [4.69, 9.17) is 25.7 Å². The minimum absolute atomic E-state index is 0.0410. The van der Waals surface area contributed by atoms with Crippen LogP contribution in [0.4, 0.5) is 10.5 Å². The first-order chi connectivity index (χ1) is 13.4. The topological polar surface area (TPSA) is 126 Å². The fraction of sp³-hybridized carbons (Fsp3) is 0.250. The highest BCUT2D eigenvalue weighted by Gasteiger charge is 2.32. The quantitative estimate of drug-likeness (QED) is 0.474. The molecule has 4 N–H and O–H groups in total. The van der Waals surface area contributed by atoms with E-state index < -0.39 is 18.2 Å². The lowest BCUT2D eigenvalue weighted by Gasteiger charge is -2.14. The van der Waals surface area contributed by atoms with Gasteiger partial charge in [0.1, 0.15) is 12.4 Å². The number of aliphatic carboxylic acids is 1. The van der Waals surface area contributed by atoms with Crippen molar-refractivity contribution in [2.45, 2.75) is 18.9 Å². The lowest BCUT2D eigenvalue weighted by Crippen LogP contribution is -2.26. The molecule has 146 valence electrons. The van der Waals surface area contributed by atoms with Crippen LogP contribution in [-0.4, -0.2) is 42.3 Å². The maximum absolute atomic E-state index is 12.1. The van der Waals surface area contributed by atoms with Crippen LogP contribution in [0.15, 0.2) is 48.5 Å². The molecule has 0 aliphatic carbocycles. The maximum Gasteiger partial charge on any atom is 0.414 e. The molecule has 1 amide bonds. The highest BCUT2D eigenvalue weighted by atomic mass is 16.6. The number of hydrogen-bond acceptors (Lipinski definition) is 5. The standard InChI is InChI=1S/C20H21N3O5/c21-18(22)9-13-1-5-15(6-2-13)23-11-17(28-20(23)26)12-27-16-7-3-14(4-8-16)10-19(24)25/h1-8,17H,9-12H2,(H3,21,22)(H,24,25). The highest BCUT2D eigenvalue weighted by molar-refractivity contribution is 5.89.